The molecule has 0 heterocycles. The highest BCUT2D eigenvalue weighted by Gasteiger charge is 2.12. The number of allylic oxidation sites excluding steroid dienone is 6. The molecule has 19 heavy (non-hydrogen) atoms. The van der Waals surface area contributed by atoms with Crippen molar-refractivity contribution < 1.29 is 5.21 Å². The van der Waals surface area contributed by atoms with E-state index < -0.39 is 0 Å². The zero-order valence-electron chi connectivity index (χ0n) is 10.7. The minimum Gasteiger partial charge on any atom is -0.410 e. The molecule has 0 bridgehead atoms. The van der Waals surface area contributed by atoms with Crippen molar-refractivity contribution in [2.24, 2.45) is 5.16 Å². The average molecular weight is 250 g/mol. The van der Waals surface area contributed by atoms with Crippen LogP contribution in [-0.2, 0) is 0 Å². The molecular weight excluding hydrogens is 236 g/mol. The van der Waals surface area contributed by atoms with Gasteiger partial charge in [0.1, 0.15) is 11.8 Å². The fourth-order valence-corrected chi connectivity index (χ4v) is 2.02. The highest BCUT2D eigenvalue weighted by Crippen LogP contribution is 2.25. The molecule has 0 aliphatic heterocycles. The van der Waals surface area contributed by atoms with Gasteiger partial charge in [0.2, 0.25) is 0 Å². The van der Waals surface area contributed by atoms with E-state index in [4.69, 9.17) is 5.21 Å². The number of rotatable bonds is 2. The molecule has 0 amide bonds. The second kappa shape index (κ2) is 5.83. The molecule has 1 aliphatic rings. The molecule has 1 aromatic carbocycles. The van der Waals surface area contributed by atoms with E-state index in [0.29, 0.717) is 11.3 Å². The van der Waals surface area contributed by atoms with Crippen molar-refractivity contribution in [1.82, 2.24) is 0 Å². The lowest BCUT2D eigenvalue weighted by atomic mass is 9.92. The first-order valence-corrected chi connectivity index (χ1v) is 6.11. The lowest BCUT2D eigenvalue weighted by Gasteiger charge is -2.11. The maximum Gasteiger partial charge on any atom is 0.105 e. The average Bonchev–Trinajstić information content (AvgIpc) is 2.49. The summed E-state index contributed by atoms with van der Waals surface area (Å²) in [6.07, 6.45) is 6.19. The third-order valence-electron chi connectivity index (χ3n) is 3.03. The molecule has 3 heteroatoms. The van der Waals surface area contributed by atoms with Crippen LogP contribution in [0.1, 0.15) is 18.9 Å². The summed E-state index contributed by atoms with van der Waals surface area (Å²) in [5.74, 6) is 0. The van der Waals surface area contributed by atoms with Crippen LogP contribution < -0.4 is 0 Å². The smallest absolute Gasteiger partial charge is 0.105 e. The molecule has 0 radical (unpaired) electrons. The van der Waals surface area contributed by atoms with Crippen LogP contribution in [-0.4, -0.2) is 10.9 Å². The minimum atomic E-state index is 0.552. The van der Waals surface area contributed by atoms with Crippen molar-refractivity contribution in [1.29, 1.82) is 5.26 Å². The fourth-order valence-electron chi connectivity index (χ4n) is 2.02. The van der Waals surface area contributed by atoms with E-state index in [1.54, 1.807) is 12.2 Å². The third kappa shape index (κ3) is 2.63. The first-order chi connectivity index (χ1) is 9.30. The monoisotopic (exact) mass is 250 g/mol. The number of hydrogen-bond acceptors (Lipinski definition) is 3. The van der Waals surface area contributed by atoms with Crippen molar-refractivity contribution in [2.45, 2.75) is 13.3 Å². The zero-order chi connectivity index (χ0) is 13.7. The largest absolute Gasteiger partial charge is 0.410 e. The topological polar surface area (TPSA) is 56.4 Å². The molecule has 0 atom stereocenters. The van der Waals surface area contributed by atoms with E-state index in [1.165, 1.54) is 0 Å². The lowest BCUT2D eigenvalue weighted by molar-refractivity contribution is 0.319. The molecule has 1 aromatic rings. The van der Waals surface area contributed by atoms with E-state index in [2.05, 4.69) is 11.2 Å². The summed E-state index contributed by atoms with van der Waals surface area (Å²) in [5.41, 5.74) is 3.83. The number of benzene rings is 1. The van der Waals surface area contributed by atoms with Gasteiger partial charge >= 0.3 is 0 Å². The van der Waals surface area contributed by atoms with Gasteiger partial charge in [-0.1, -0.05) is 48.5 Å². The Labute approximate surface area is 112 Å². The van der Waals surface area contributed by atoms with E-state index in [9.17, 15) is 5.26 Å². The predicted octanol–water partition coefficient (Wildman–Crippen LogP) is 3.70. The van der Waals surface area contributed by atoms with Gasteiger partial charge in [-0.15, -0.1) is 0 Å². The van der Waals surface area contributed by atoms with Crippen LogP contribution >= 0.6 is 0 Å². The number of hydrogen-bond donors (Lipinski definition) is 1. The second-order valence-electron chi connectivity index (χ2n) is 4.15. The standard InChI is InChI=1S/C16H14N2O/c1-2-12-10-14(8-9-16(12)18-19)15(11-17)13-6-4-3-5-7-13/h3-10,19H,2H2,1H3. The summed E-state index contributed by atoms with van der Waals surface area (Å²) in [4.78, 5) is 0. The molecule has 2 rings (SSSR count). The van der Waals surface area contributed by atoms with E-state index in [0.717, 1.165) is 23.1 Å². The maximum atomic E-state index is 9.36. The van der Waals surface area contributed by atoms with Gasteiger partial charge in [0.15, 0.2) is 0 Å². The van der Waals surface area contributed by atoms with Gasteiger partial charge in [-0.25, -0.2) is 0 Å². The van der Waals surface area contributed by atoms with Crippen LogP contribution in [0.25, 0.3) is 5.57 Å². The quantitative estimate of drug-likeness (QED) is 0.494. The lowest BCUT2D eigenvalue weighted by Crippen LogP contribution is -2.04. The Morgan fingerprint density at radius 1 is 1.26 bits per heavy atom. The van der Waals surface area contributed by atoms with Crippen LogP contribution in [0.4, 0.5) is 0 Å². The van der Waals surface area contributed by atoms with Crippen molar-refractivity contribution >= 4 is 11.3 Å². The van der Waals surface area contributed by atoms with Gasteiger partial charge in [-0.2, -0.15) is 5.26 Å². The molecule has 94 valence electrons. The second-order valence-corrected chi connectivity index (χ2v) is 4.15. The van der Waals surface area contributed by atoms with E-state index in [-0.39, 0.29) is 0 Å². The van der Waals surface area contributed by atoms with Crippen molar-refractivity contribution in [3.8, 4) is 6.07 Å². The maximum absolute atomic E-state index is 9.36. The zero-order valence-corrected chi connectivity index (χ0v) is 10.7. The molecule has 0 saturated carbocycles. The van der Waals surface area contributed by atoms with Crippen LogP contribution in [0.2, 0.25) is 0 Å². The summed E-state index contributed by atoms with van der Waals surface area (Å²) in [6.45, 7) is 1.99. The Hall–Kier alpha value is -2.60. The van der Waals surface area contributed by atoms with Crippen molar-refractivity contribution in [2.75, 3.05) is 0 Å². The van der Waals surface area contributed by atoms with Crippen LogP contribution in [0.15, 0.2) is 64.9 Å². The SMILES string of the molecule is CCC1=CC(=C(C#N)c2ccccc2)C=CC1=NO. The molecule has 0 fully saturated rings. The molecular formula is C16H14N2O. The van der Waals surface area contributed by atoms with Gasteiger partial charge in [0, 0.05) is 0 Å². The summed E-state index contributed by atoms with van der Waals surface area (Å²) in [6, 6.07) is 11.8. The van der Waals surface area contributed by atoms with Crippen molar-refractivity contribution in [3.63, 3.8) is 0 Å². The van der Waals surface area contributed by atoms with Gasteiger partial charge in [-0.05, 0) is 35.3 Å². The summed E-state index contributed by atoms with van der Waals surface area (Å²) < 4.78 is 0. The Bertz CT molecular complexity index is 628. The first-order valence-electron chi connectivity index (χ1n) is 6.11. The summed E-state index contributed by atoms with van der Waals surface area (Å²) in [5, 5.41) is 21.5. The van der Waals surface area contributed by atoms with Crippen molar-refractivity contribution in [3.05, 3.63) is 65.3 Å². The van der Waals surface area contributed by atoms with E-state index in [1.807, 2.05) is 43.3 Å². The van der Waals surface area contributed by atoms with Gasteiger partial charge in [0.05, 0.1) is 5.57 Å². The van der Waals surface area contributed by atoms with Gasteiger partial charge in [0.25, 0.3) is 0 Å². The van der Waals surface area contributed by atoms with Crippen LogP contribution in [0.5, 0.6) is 0 Å². The Kier molecular flexibility index (Phi) is 3.94. The molecule has 0 saturated heterocycles. The minimum absolute atomic E-state index is 0.552. The van der Waals surface area contributed by atoms with Gasteiger partial charge < -0.3 is 5.21 Å². The van der Waals surface area contributed by atoms with Crippen LogP contribution in [0.3, 0.4) is 0 Å². The van der Waals surface area contributed by atoms with Crippen LogP contribution in [0, 0.1) is 11.3 Å². The molecule has 0 aromatic heterocycles. The summed E-state index contributed by atoms with van der Waals surface area (Å²) >= 11 is 0. The molecule has 3 nitrogen and oxygen atoms in total. The Balaban J connectivity index is 2.53. The Morgan fingerprint density at radius 3 is 2.58 bits per heavy atom. The third-order valence-corrected chi connectivity index (χ3v) is 3.03. The molecule has 1 N–H and O–H groups in total. The highest BCUT2D eigenvalue weighted by atomic mass is 16.4. The summed E-state index contributed by atoms with van der Waals surface area (Å²) in [7, 11) is 0. The first kappa shape index (κ1) is 12.8. The molecule has 1 aliphatic carbocycles. The highest BCUT2D eigenvalue weighted by molar-refractivity contribution is 6.10. The molecule has 0 spiro atoms. The molecule has 0 unspecified atom stereocenters. The fraction of sp³-hybridized carbons (Fsp3) is 0.125. The van der Waals surface area contributed by atoms with Gasteiger partial charge in [-0.3, -0.25) is 0 Å². The number of nitriles is 1. The number of oxime groups is 1. The Morgan fingerprint density at radius 2 is 2.00 bits per heavy atom. The predicted molar refractivity (Wildman–Crippen MR) is 75.7 cm³/mol. The number of nitrogens with zero attached hydrogens (tertiary/aromatic N) is 2. The normalized spacial score (nSPS) is 18.9. The van der Waals surface area contributed by atoms with E-state index >= 15 is 0 Å².